The number of carbonyl (C=O) groups is 1. The van der Waals surface area contributed by atoms with Crippen LogP contribution in [0.3, 0.4) is 0 Å². The number of hydrogen-bond acceptors (Lipinski definition) is 2. The van der Waals surface area contributed by atoms with Crippen molar-refractivity contribution in [3.05, 3.63) is 88.5 Å². The maximum atomic E-state index is 12.5. The Morgan fingerprint density at radius 3 is 1.95 bits per heavy atom. The Balaban J connectivity index is 0.00000108. The second-order valence-corrected chi connectivity index (χ2v) is 10.8. The zero-order valence-electron chi connectivity index (χ0n) is 27.7. The molecule has 0 aliphatic rings. The van der Waals surface area contributed by atoms with Crippen LogP contribution in [0.2, 0.25) is 0 Å². The van der Waals surface area contributed by atoms with E-state index in [-0.39, 0.29) is 11.6 Å². The van der Waals surface area contributed by atoms with Gasteiger partial charge in [0.15, 0.2) is 0 Å². The van der Waals surface area contributed by atoms with Crippen LogP contribution in [0.4, 0.5) is 5.69 Å². The Morgan fingerprint density at radius 2 is 1.43 bits per heavy atom. The quantitative estimate of drug-likeness (QED) is 0.0896. The summed E-state index contributed by atoms with van der Waals surface area (Å²) in [6.45, 7) is 14.4. The molecule has 3 nitrogen and oxygen atoms in total. The first-order valence-electron chi connectivity index (χ1n) is 16.0. The van der Waals surface area contributed by atoms with E-state index in [9.17, 15) is 4.79 Å². The molecule has 2 rings (SSSR count). The SMILES string of the molecule is C#CC.C/C=C\C(=C/CCCC)Cc1ccc(NC(=O)C(=N)c2cccc(C)c2C)cc1.CCCCCCCCCC. The molecule has 1 amide bonds. The first kappa shape index (κ1) is 38.6. The summed E-state index contributed by atoms with van der Waals surface area (Å²) >= 11 is 0. The predicted molar refractivity (Wildman–Crippen MR) is 187 cm³/mol. The van der Waals surface area contributed by atoms with Crippen LogP contribution in [0.15, 0.2) is 66.3 Å². The van der Waals surface area contributed by atoms with Crippen molar-refractivity contribution in [3.8, 4) is 12.3 Å². The normalized spacial score (nSPS) is 10.7. The van der Waals surface area contributed by atoms with Crippen LogP contribution in [0.1, 0.15) is 128 Å². The fourth-order valence-electron chi connectivity index (χ4n) is 4.39. The van der Waals surface area contributed by atoms with E-state index in [2.05, 4.69) is 56.7 Å². The number of carbonyl (C=O) groups excluding carboxylic acids is 1. The molecule has 0 aliphatic heterocycles. The number of terminal acetylenes is 1. The summed E-state index contributed by atoms with van der Waals surface area (Å²) in [6.07, 6.45) is 27.0. The van der Waals surface area contributed by atoms with E-state index in [1.807, 2.05) is 63.2 Å². The van der Waals surface area contributed by atoms with Gasteiger partial charge >= 0.3 is 0 Å². The van der Waals surface area contributed by atoms with Crippen molar-refractivity contribution in [1.29, 1.82) is 5.41 Å². The summed E-state index contributed by atoms with van der Waals surface area (Å²) in [5, 5.41) is 11.1. The van der Waals surface area contributed by atoms with Gasteiger partial charge in [-0.25, -0.2) is 0 Å². The summed E-state index contributed by atoms with van der Waals surface area (Å²) in [5.74, 6) is 1.86. The number of rotatable bonds is 16. The first-order chi connectivity index (χ1) is 20.3. The Bertz CT molecular complexity index is 1110. The average molecular weight is 571 g/mol. The van der Waals surface area contributed by atoms with Crippen LogP contribution < -0.4 is 5.32 Å². The summed E-state index contributed by atoms with van der Waals surface area (Å²) in [6, 6.07) is 13.6. The van der Waals surface area contributed by atoms with Crippen molar-refractivity contribution in [1.82, 2.24) is 0 Å². The lowest BCUT2D eigenvalue weighted by Gasteiger charge is -2.11. The third kappa shape index (κ3) is 17.4. The minimum absolute atomic E-state index is 0.00972. The summed E-state index contributed by atoms with van der Waals surface area (Å²) in [4.78, 5) is 12.5. The van der Waals surface area contributed by atoms with Crippen LogP contribution >= 0.6 is 0 Å². The highest BCUT2D eigenvalue weighted by Crippen LogP contribution is 2.17. The molecule has 2 N–H and O–H groups in total. The van der Waals surface area contributed by atoms with Crippen molar-refractivity contribution in [2.45, 2.75) is 126 Å². The highest BCUT2D eigenvalue weighted by molar-refractivity contribution is 6.48. The number of unbranched alkanes of at least 4 members (excludes halogenated alkanes) is 9. The summed E-state index contributed by atoms with van der Waals surface area (Å²) in [7, 11) is 0. The zero-order valence-corrected chi connectivity index (χ0v) is 27.7. The monoisotopic (exact) mass is 570 g/mol. The molecule has 0 spiro atoms. The van der Waals surface area contributed by atoms with Crippen molar-refractivity contribution in [3.63, 3.8) is 0 Å². The molecule has 3 heteroatoms. The topological polar surface area (TPSA) is 53.0 Å². The second-order valence-electron chi connectivity index (χ2n) is 10.8. The third-order valence-corrected chi connectivity index (χ3v) is 7.02. The number of allylic oxidation sites excluding steroid dienone is 4. The van der Waals surface area contributed by atoms with Gasteiger partial charge in [-0.2, -0.15) is 0 Å². The molecule has 0 unspecified atom stereocenters. The lowest BCUT2D eigenvalue weighted by molar-refractivity contribution is -0.110. The number of aryl methyl sites for hydroxylation is 1. The molecular formula is C39H58N2O. The highest BCUT2D eigenvalue weighted by Gasteiger charge is 2.15. The number of hydrogen-bond donors (Lipinski definition) is 2. The molecular weight excluding hydrogens is 512 g/mol. The van der Waals surface area contributed by atoms with E-state index in [0.717, 1.165) is 24.0 Å². The fraction of sp³-hybridized carbons (Fsp3) is 0.487. The second kappa shape index (κ2) is 25.3. The largest absolute Gasteiger partial charge is 0.321 e. The molecule has 0 atom stereocenters. The van der Waals surface area contributed by atoms with Crippen LogP contribution in [0, 0.1) is 31.6 Å². The van der Waals surface area contributed by atoms with Crippen LogP contribution in [-0.4, -0.2) is 11.6 Å². The molecule has 0 radical (unpaired) electrons. The van der Waals surface area contributed by atoms with E-state index in [1.54, 1.807) is 6.92 Å². The molecule has 0 aromatic heterocycles. The molecule has 0 saturated carbocycles. The Labute approximate surface area is 258 Å². The van der Waals surface area contributed by atoms with Crippen LogP contribution in [0.25, 0.3) is 0 Å². The van der Waals surface area contributed by atoms with Gasteiger partial charge in [-0.1, -0.05) is 134 Å². The van der Waals surface area contributed by atoms with E-state index in [0.29, 0.717) is 11.3 Å². The molecule has 230 valence electrons. The smallest absolute Gasteiger partial charge is 0.274 e. The van der Waals surface area contributed by atoms with Crippen molar-refractivity contribution >= 4 is 17.3 Å². The van der Waals surface area contributed by atoms with Gasteiger partial charge in [0.1, 0.15) is 5.71 Å². The van der Waals surface area contributed by atoms with Gasteiger partial charge in [0.2, 0.25) is 0 Å². The van der Waals surface area contributed by atoms with Gasteiger partial charge in [-0.15, -0.1) is 12.3 Å². The number of benzene rings is 2. The molecule has 2 aromatic carbocycles. The maximum absolute atomic E-state index is 12.5. The summed E-state index contributed by atoms with van der Waals surface area (Å²) < 4.78 is 0. The van der Waals surface area contributed by atoms with Gasteiger partial charge < -0.3 is 5.32 Å². The van der Waals surface area contributed by atoms with Gasteiger partial charge in [-0.3, -0.25) is 10.2 Å². The predicted octanol–water partition coefficient (Wildman–Crippen LogP) is 11.3. The molecule has 0 heterocycles. The van der Waals surface area contributed by atoms with Crippen molar-refractivity contribution < 1.29 is 4.79 Å². The highest BCUT2D eigenvalue weighted by atomic mass is 16.1. The van der Waals surface area contributed by atoms with E-state index < -0.39 is 0 Å². The fourth-order valence-corrected chi connectivity index (χ4v) is 4.39. The first-order valence-corrected chi connectivity index (χ1v) is 16.0. The lowest BCUT2D eigenvalue weighted by atomic mass is 9.99. The number of nitrogens with one attached hydrogen (secondary N) is 2. The molecule has 2 aromatic rings. The van der Waals surface area contributed by atoms with E-state index in [4.69, 9.17) is 5.41 Å². The average Bonchev–Trinajstić information content (AvgIpc) is 2.98. The lowest BCUT2D eigenvalue weighted by Crippen LogP contribution is -2.23. The minimum Gasteiger partial charge on any atom is -0.321 e. The minimum atomic E-state index is -0.388. The van der Waals surface area contributed by atoms with Crippen molar-refractivity contribution in [2.24, 2.45) is 0 Å². The maximum Gasteiger partial charge on any atom is 0.274 e. The molecule has 0 aliphatic carbocycles. The van der Waals surface area contributed by atoms with Gasteiger partial charge in [0, 0.05) is 11.3 Å². The van der Waals surface area contributed by atoms with Gasteiger partial charge in [0.05, 0.1) is 0 Å². The van der Waals surface area contributed by atoms with E-state index in [1.165, 1.54) is 75.3 Å². The van der Waals surface area contributed by atoms with Gasteiger partial charge in [-0.05, 0) is 74.9 Å². The molecule has 0 fully saturated rings. The zero-order chi connectivity index (χ0) is 31.6. The van der Waals surface area contributed by atoms with Crippen molar-refractivity contribution in [2.75, 3.05) is 5.32 Å². The summed E-state index contributed by atoms with van der Waals surface area (Å²) in [5.41, 5.74) is 5.93. The Morgan fingerprint density at radius 1 is 0.881 bits per heavy atom. The molecule has 0 saturated heterocycles. The number of anilines is 1. The standard InChI is InChI=1S/C26H32N2O.C10H22.C3H4/c1-5-7-8-12-21(10-6-2)18-22-14-16-23(17-15-22)28-26(29)25(27)24-13-9-11-19(3)20(24)4;1-3-5-7-9-10-8-6-4-2;1-3-2/h6,9-17,27H,5,7-8,18H2,1-4H3,(H,28,29);3-10H2,1-2H3;1H,2H3/b10-6-,21-12+,27-25?;;. The molecule has 0 bridgehead atoms. The number of amides is 1. The van der Waals surface area contributed by atoms with Gasteiger partial charge in [0.25, 0.3) is 5.91 Å². The Hall–Kier alpha value is -3.38. The Kier molecular flexibility index (Phi) is 23.3. The van der Waals surface area contributed by atoms with Crippen LogP contribution in [0.5, 0.6) is 0 Å². The molecule has 42 heavy (non-hydrogen) atoms. The van der Waals surface area contributed by atoms with E-state index >= 15 is 0 Å². The van der Waals surface area contributed by atoms with Crippen LogP contribution in [-0.2, 0) is 11.2 Å². The third-order valence-electron chi connectivity index (χ3n) is 7.02.